The van der Waals surface area contributed by atoms with Crippen molar-refractivity contribution in [3.05, 3.63) is 65.7 Å². The number of aryl methyl sites for hydroxylation is 1. The molecule has 26 heavy (non-hydrogen) atoms. The fourth-order valence-electron chi connectivity index (χ4n) is 2.84. The first-order chi connectivity index (χ1) is 12.5. The van der Waals surface area contributed by atoms with E-state index < -0.39 is 6.04 Å². The van der Waals surface area contributed by atoms with Gasteiger partial charge in [0.1, 0.15) is 6.04 Å². The summed E-state index contributed by atoms with van der Waals surface area (Å²) in [5, 5.41) is 2.68. The SMILES string of the molecule is CC[C@@H](C(=O)NC)N(Cc1cccc(C)c1)C(=O)CSc1ccccc1. The second-order valence-electron chi connectivity index (χ2n) is 6.15. The molecular weight excluding hydrogens is 344 g/mol. The Kier molecular flexibility index (Phi) is 7.73. The van der Waals surface area contributed by atoms with E-state index >= 15 is 0 Å². The van der Waals surface area contributed by atoms with Crippen molar-refractivity contribution in [3.8, 4) is 0 Å². The summed E-state index contributed by atoms with van der Waals surface area (Å²) in [6.45, 7) is 4.39. The van der Waals surface area contributed by atoms with E-state index in [-0.39, 0.29) is 11.8 Å². The average molecular weight is 371 g/mol. The molecule has 138 valence electrons. The van der Waals surface area contributed by atoms with Crippen LogP contribution in [-0.4, -0.2) is 35.6 Å². The average Bonchev–Trinajstić information content (AvgIpc) is 2.66. The van der Waals surface area contributed by atoms with Gasteiger partial charge in [-0.3, -0.25) is 9.59 Å². The third kappa shape index (κ3) is 5.63. The van der Waals surface area contributed by atoms with Gasteiger partial charge in [-0.25, -0.2) is 0 Å². The van der Waals surface area contributed by atoms with E-state index in [2.05, 4.69) is 11.4 Å². The molecule has 0 aliphatic rings. The number of nitrogens with one attached hydrogen (secondary N) is 1. The molecule has 0 radical (unpaired) electrons. The Balaban J connectivity index is 2.17. The maximum absolute atomic E-state index is 13.0. The van der Waals surface area contributed by atoms with Gasteiger partial charge in [-0.2, -0.15) is 0 Å². The molecule has 4 nitrogen and oxygen atoms in total. The van der Waals surface area contributed by atoms with Gasteiger partial charge in [-0.15, -0.1) is 11.8 Å². The Morgan fingerprint density at radius 1 is 1.12 bits per heavy atom. The summed E-state index contributed by atoms with van der Waals surface area (Å²) in [7, 11) is 1.61. The number of amides is 2. The maximum Gasteiger partial charge on any atom is 0.242 e. The summed E-state index contributed by atoms with van der Waals surface area (Å²) in [6.07, 6.45) is 0.577. The van der Waals surface area contributed by atoms with Gasteiger partial charge in [-0.05, 0) is 31.0 Å². The van der Waals surface area contributed by atoms with Crippen molar-refractivity contribution >= 4 is 23.6 Å². The third-order valence-electron chi connectivity index (χ3n) is 4.17. The van der Waals surface area contributed by atoms with Crippen molar-refractivity contribution in [1.82, 2.24) is 10.2 Å². The molecule has 1 N–H and O–H groups in total. The molecule has 5 heteroatoms. The number of carbonyl (C=O) groups is 2. The van der Waals surface area contributed by atoms with Crippen LogP contribution in [0.5, 0.6) is 0 Å². The number of rotatable bonds is 8. The van der Waals surface area contributed by atoms with E-state index in [1.54, 1.807) is 11.9 Å². The lowest BCUT2D eigenvalue weighted by Gasteiger charge is -2.30. The number of carbonyl (C=O) groups excluding carboxylic acids is 2. The molecule has 0 fully saturated rings. The number of hydrogen-bond acceptors (Lipinski definition) is 3. The molecule has 2 amide bonds. The summed E-state index contributed by atoms with van der Waals surface area (Å²) < 4.78 is 0. The van der Waals surface area contributed by atoms with Crippen LogP contribution in [-0.2, 0) is 16.1 Å². The van der Waals surface area contributed by atoms with E-state index in [4.69, 9.17) is 0 Å². The van der Waals surface area contributed by atoms with Crippen LogP contribution >= 0.6 is 11.8 Å². The van der Waals surface area contributed by atoms with Crippen molar-refractivity contribution in [2.24, 2.45) is 0 Å². The molecule has 2 aromatic rings. The topological polar surface area (TPSA) is 49.4 Å². The maximum atomic E-state index is 13.0. The minimum Gasteiger partial charge on any atom is -0.357 e. The predicted octanol–water partition coefficient (Wildman–Crippen LogP) is 3.64. The molecule has 0 saturated heterocycles. The first kappa shape index (κ1) is 20.0. The molecule has 0 bridgehead atoms. The molecule has 0 aliphatic heterocycles. The highest BCUT2D eigenvalue weighted by molar-refractivity contribution is 8.00. The Morgan fingerprint density at radius 2 is 1.85 bits per heavy atom. The first-order valence-electron chi connectivity index (χ1n) is 8.79. The molecule has 0 spiro atoms. The molecule has 0 saturated carbocycles. The summed E-state index contributed by atoms with van der Waals surface area (Å²) in [5.74, 6) is 0.151. The summed E-state index contributed by atoms with van der Waals surface area (Å²) in [4.78, 5) is 28.0. The predicted molar refractivity (Wildman–Crippen MR) is 107 cm³/mol. The number of hydrogen-bond donors (Lipinski definition) is 1. The van der Waals surface area contributed by atoms with Gasteiger partial charge in [0.2, 0.25) is 11.8 Å². The second-order valence-corrected chi connectivity index (χ2v) is 7.20. The normalized spacial score (nSPS) is 11.7. The Labute approximate surface area is 160 Å². The van der Waals surface area contributed by atoms with Gasteiger partial charge in [0, 0.05) is 18.5 Å². The highest BCUT2D eigenvalue weighted by Crippen LogP contribution is 2.20. The van der Waals surface area contributed by atoms with Gasteiger partial charge in [-0.1, -0.05) is 55.0 Å². The molecule has 2 aromatic carbocycles. The lowest BCUT2D eigenvalue weighted by Crippen LogP contribution is -2.48. The highest BCUT2D eigenvalue weighted by atomic mass is 32.2. The van der Waals surface area contributed by atoms with E-state index in [1.807, 2.05) is 62.4 Å². The highest BCUT2D eigenvalue weighted by Gasteiger charge is 2.27. The standard InChI is InChI=1S/C21H26N2O2S/c1-4-19(21(25)22-3)23(14-17-10-8-9-16(2)13-17)20(24)15-26-18-11-6-5-7-12-18/h5-13,19H,4,14-15H2,1-3H3,(H,22,25)/t19-/m0/s1. The number of benzene rings is 2. The molecule has 1 atom stereocenters. The van der Waals surface area contributed by atoms with Crippen LogP contribution in [0.15, 0.2) is 59.5 Å². The summed E-state index contributed by atoms with van der Waals surface area (Å²) in [5.41, 5.74) is 2.17. The fraction of sp³-hybridized carbons (Fsp3) is 0.333. The second kappa shape index (κ2) is 10.0. The summed E-state index contributed by atoms with van der Waals surface area (Å²) >= 11 is 1.49. The van der Waals surface area contributed by atoms with Crippen LogP contribution in [0.1, 0.15) is 24.5 Å². The lowest BCUT2D eigenvalue weighted by atomic mass is 10.1. The largest absolute Gasteiger partial charge is 0.357 e. The minimum atomic E-state index is -0.468. The zero-order valence-corrected chi connectivity index (χ0v) is 16.4. The molecule has 2 rings (SSSR count). The Hall–Kier alpha value is -2.27. The van der Waals surface area contributed by atoms with Crippen LogP contribution in [0.3, 0.4) is 0 Å². The van der Waals surface area contributed by atoms with E-state index in [0.717, 1.165) is 16.0 Å². The number of thioether (sulfide) groups is 1. The van der Waals surface area contributed by atoms with Crippen LogP contribution in [0, 0.1) is 6.92 Å². The molecule has 0 aromatic heterocycles. The van der Waals surface area contributed by atoms with E-state index in [0.29, 0.717) is 18.7 Å². The zero-order valence-electron chi connectivity index (χ0n) is 15.6. The van der Waals surface area contributed by atoms with Crippen molar-refractivity contribution in [2.45, 2.75) is 37.8 Å². The smallest absolute Gasteiger partial charge is 0.242 e. The summed E-state index contributed by atoms with van der Waals surface area (Å²) in [6, 6.07) is 17.4. The molecule has 0 heterocycles. The number of likely N-dealkylation sites (N-methyl/N-ethyl adjacent to an activating group) is 1. The fourth-order valence-corrected chi connectivity index (χ4v) is 3.64. The Bertz CT molecular complexity index is 734. The van der Waals surface area contributed by atoms with Crippen molar-refractivity contribution in [3.63, 3.8) is 0 Å². The van der Waals surface area contributed by atoms with Gasteiger partial charge in [0.05, 0.1) is 5.75 Å². The zero-order chi connectivity index (χ0) is 18.9. The molecule has 0 unspecified atom stereocenters. The van der Waals surface area contributed by atoms with Crippen LogP contribution in [0.4, 0.5) is 0 Å². The van der Waals surface area contributed by atoms with Crippen molar-refractivity contribution in [1.29, 1.82) is 0 Å². The van der Waals surface area contributed by atoms with E-state index in [9.17, 15) is 9.59 Å². The first-order valence-corrected chi connectivity index (χ1v) is 9.78. The van der Waals surface area contributed by atoms with E-state index in [1.165, 1.54) is 11.8 Å². The van der Waals surface area contributed by atoms with Crippen LogP contribution in [0.2, 0.25) is 0 Å². The third-order valence-corrected chi connectivity index (χ3v) is 5.17. The van der Waals surface area contributed by atoms with Crippen LogP contribution < -0.4 is 5.32 Å². The van der Waals surface area contributed by atoms with Gasteiger partial charge >= 0.3 is 0 Å². The van der Waals surface area contributed by atoms with Crippen molar-refractivity contribution < 1.29 is 9.59 Å². The van der Waals surface area contributed by atoms with Gasteiger partial charge < -0.3 is 10.2 Å². The van der Waals surface area contributed by atoms with Crippen molar-refractivity contribution in [2.75, 3.05) is 12.8 Å². The monoisotopic (exact) mass is 370 g/mol. The lowest BCUT2D eigenvalue weighted by molar-refractivity contribution is -0.139. The van der Waals surface area contributed by atoms with Gasteiger partial charge in [0.25, 0.3) is 0 Å². The minimum absolute atomic E-state index is 0.0317. The number of nitrogens with zero attached hydrogens (tertiary/aromatic N) is 1. The van der Waals surface area contributed by atoms with Gasteiger partial charge in [0.15, 0.2) is 0 Å². The molecular formula is C21H26N2O2S. The Morgan fingerprint density at radius 3 is 2.46 bits per heavy atom. The quantitative estimate of drug-likeness (QED) is 0.722. The van der Waals surface area contributed by atoms with Crippen LogP contribution in [0.25, 0.3) is 0 Å². The molecule has 0 aliphatic carbocycles.